The van der Waals surface area contributed by atoms with E-state index >= 15 is 4.39 Å². The molecule has 3 heteroatoms. The summed E-state index contributed by atoms with van der Waals surface area (Å²) in [5.74, 6) is -0.251. The van der Waals surface area contributed by atoms with Gasteiger partial charge in [-0.15, -0.1) is 0 Å². The van der Waals surface area contributed by atoms with Crippen molar-refractivity contribution in [3.05, 3.63) is 76.2 Å². The summed E-state index contributed by atoms with van der Waals surface area (Å²) in [6.07, 6.45) is 19.7. The Morgan fingerprint density at radius 2 is 1.12 bits per heavy atom. The molecule has 0 aliphatic carbocycles. The highest BCUT2D eigenvalue weighted by molar-refractivity contribution is 7.71. The number of fused-ring (bicyclic) bond motifs is 3. The fraction of sp³-hybridized carbons (Fsp3) is 0.486. The highest BCUT2D eigenvalue weighted by Crippen LogP contribution is 2.33. The lowest BCUT2D eigenvalue weighted by Crippen LogP contribution is -1.94. The number of rotatable bonds is 17. The van der Waals surface area contributed by atoms with Crippen LogP contribution in [0.3, 0.4) is 0 Å². The molecule has 0 saturated carbocycles. The zero-order valence-corrected chi connectivity index (χ0v) is 25.5. The van der Waals surface area contributed by atoms with Gasteiger partial charge in [0.15, 0.2) is 16.1 Å². The Kier molecular flexibility index (Phi) is 12.2. The van der Waals surface area contributed by atoms with Crippen LogP contribution in [-0.4, -0.2) is 0 Å². The monoisotopic (exact) mass is 558 g/mol. The first-order valence-corrected chi connectivity index (χ1v) is 16.3. The van der Waals surface area contributed by atoms with Crippen LogP contribution in [0.4, 0.5) is 4.39 Å². The summed E-state index contributed by atoms with van der Waals surface area (Å²) in [4.78, 5) is 0. The van der Waals surface area contributed by atoms with E-state index < -0.39 is 0 Å². The zero-order valence-electron chi connectivity index (χ0n) is 24.7. The third-order valence-corrected chi connectivity index (χ3v) is 8.61. The molecule has 40 heavy (non-hydrogen) atoms. The molecule has 0 aliphatic heterocycles. The van der Waals surface area contributed by atoms with E-state index in [0.29, 0.717) is 10.3 Å². The van der Waals surface area contributed by atoms with Crippen LogP contribution in [0.1, 0.15) is 115 Å². The first kappa shape index (κ1) is 30.4. The van der Waals surface area contributed by atoms with E-state index in [1.807, 2.05) is 12.1 Å². The molecule has 0 atom stereocenters. The van der Waals surface area contributed by atoms with Crippen LogP contribution in [0, 0.1) is 10.5 Å². The predicted molar refractivity (Wildman–Crippen MR) is 173 cm³/mol. The molecule has 3 aromatic carbocycles. The van der Waals surface area contributed by atoms with Crippen LogP contribution in [-0.2, 0) is 12.8 Å². The van der Waals surface area contributed by atoms with Gasteiger partial charge in [-0.2, -0.15) is 0 Å². The van der Waals surface area contributed by atoms with Gasteiger partial charge in [-0.3, -0.25) is 0 Å². The summed E-state index contributed by atoms with van der Waals surface area (Å²) in [5.41, 5.74) is 4.68. The van der Waals surface area contributed by atoms with Crippen molar-refractivity contribution in [1.82, 2.24) is 0 Å². The minimum atomic E-state index is -0.251. The number of unbranched alkanes of at least 4 members (excludes halogenated alkanes) is 12. The smallest absolute Gasteiger partial charge is 0.198 e. The van der Waals surface area contributed by atoms with E-state index in [2.05, 4.69) is 56.3 Å². The van der Waals surface area contributed by atoms with Gasteiger partial charge < -0.3 is 4.42 Å². The Morgan fingerprint density at radius 3 is 1.77 bits per heavy atom. The summed E-state index contributed by atoms with van der Waals surface area (Å²) in [7, 11) is 0. The molecule has 1 aromatic heterocycles. The first-order chi connectivity index (χ1) is 19.6. The van der Waals surface area contributed by atoms with Crippen LogP contribution in [0.15, 0.2) is 59.0 Å². The summed E-state index contributed by atoms with van der Waals surface area (Å²) in [6, 6.07) is 19.1. The zero-order chi connectivity index (χ0) is 28.2. The van der Waals surface area contributed by atoms with Crippen LogP contribution in [0.25, 0.3) is 32.9 Å². The van der Waals surface area contributed by atoms with E-state index in [4.69, 9.17) is 16.6 Å². The van der Waals surface area contributed by atoms with Gasteiger partial charge in [0.1, 0.15) is 0 Å². The maximum atomic E-state index is 15.5. The Bertz CT molecular complexity index is 1400. The molecule has 4 rings (SSSR count). The topological polar surface area (TPSA) is 13.1 Å². The van der Waals surface area contributed by atoms with Gasteiger partial charge in [0.2, 0.25) is 0 Å². The fourth-order valence-corrected chi connectivity index (χ4v) is 6.05. The highest BCUT2D eigenvalue weighted by Gasteiger charge is 2.14. The lowest BCUT2D eigenvalue weighted by atomic mass is 9.97. The van der Waals surface area contributed by atoms with E-state index in [0.717, 1.165) is 58.5 Å². The van der Waals surface area contributed by atoms with Gasteiger partial charge >= 0.3 is 0 Å². The van der Waals surface area contributed by atoms with Crippen molar-refractivity contribution in [3.63, 3.8) is 0 Å². The molecule has 0 radical (unpaired) electrons. The van der Waals surface area contributed by atoms with Crippen molar-refractivity contribution >= 4 is 34.0 Å². The number of aryl methyl sites for hydroxylation is 2. The molecular formula is C37H47FOS. The molecule has 0 bridgehead atoms. The molecule has 0 spiro atoms. The van der Waals surface area contributed by atoms with Crippen molar-refractivity contribution in [2.75, 3.05) is 0 Å². The van der Waals surface area contributed by atoms with Gasteiger partial charge in [-0.25, -0.2) is 4.39 Å². The van der Waals surface area contributed by atoms with E-state index in [1.54, 1.807) is 0 Å². The Labute approximate surface area is 246 Å². The van der Waals surface area contributed by atoms with Crippen LogP contribution >= 0.6 is 12.2 Å². The summed E-state index contributed by atoms with van der Waals surface area (Å²) < 4.78 is 21.8. The molecule has 0 amide bonds. The molecule has 1 heterocycles. The quantitative estimate of drug-likeness (QED) is 0.0726. The van der Waals surface area contributed by atoms with Crippen molar-refractivity contribution < 1.29 is 8.81 Å². The summed E-state index contributed by atoms with van der Waals surface area (Å²) in [6.45, 7) is 4.51. The number of hydrogen-bond acceptors (Lipinski definition) is 2. The molecular weight excluding hydrogens is 511 g/mol. The van der Waals surface area contributed by atoms with Crippen LogP contribution in [0.2, 0.25) is 0 Å². The second-order valence-electron chi connectivity index (χ2n) is 11.5. The maximum absolute atomic E-state index is 15.5. The molecule has 0 fully saturated rings. The Hall–Kier alpha value is -2.52. The third-order valence-electron chi connectivity index (χ3n) is 8.31. The molecule has 0 N–H and O–H groups in total. The van der Waals surface area contributed by atoms with E-state index in [9.17, 15) is 0 Å². The standard InChI is InChI=1S/C37H47FOS/c1-3-5-7-9-11-12-14-16-18-30-23-26-33-32-25-24-31(27-34(32)37(40)39-36(33)35(30)38)29-21-19-28(20-22-29)17-15-13-10-8-6-4-2/h19-27H,3-18H2,1-2H3. The maximum Gasteiger partial charge on any atom is 0.198 e. The molecule has 1 nitrogen and oxygen atoms in total. The molecule has 0 aliphatic rings. The molecule has 214 valence electrons. The molecule has 4 aromatic rings. The number of hydrogen-bond donors (Lipinski definition) is 0. The third kappa shape index (κ3) is 8.26. The first-order valence-electron chi connectivity index (χ1n) is 15.9. The van der Waals surface area contributed by atoms with Crippen molar-refractivity contribution in [2.45, 2.75) is 117 Å². The van der Waals surface area contributed by atoms with Gasteiger partial charge in [0, 0.05) is 10.8 Å². The summed E-state index contributed by atoms with van der Waals surface area (Å²) in [5, 5.41) is 2.61. The van der Waals surface area contributed by atoms with Gasteiger partial charge in [-0.1, -0.05) is 139 Å². The largest absolute Gasteiger partial charge is 0.441 e. The minimum Gasteiger partial charge on any atom is -0.441 e. The average Bonchev–Trinajstić information content (AvgIpc) is 2.98. The van der Waals surface area contributed by atoms with E-state index in [-0.39, 0.29) is 5.82 Å². The van der Waals surface area contributed by atoms with E-state index in [1.165, 1.54) is 82.6 Å². The minimum absolute atomic E-state index is 0.251. The summed E-state index contributed by atoms with van der Waals surface area (Å²) >= 11 is 5.63. The van der Waals surface area contributed by atoms with Crippen molar-refractivity contribution in [2.24, 2.45) is 0 Å². The van der Waals surface area contributed by atoms with Crippen molar-refractivity contribution in [1.29, 1.82) is 0 Å². The molecule has 0 saturated heterocycles. The van der Waals surface area contributed by atoms with Gasteiger partial charge in [-0.05, 0) is 71.6 Å². The second kappa shape index (κ2) is 16.1. The van der Waals surface area contributed by atoms with Crippen molar-refractivity contribution in [3.8, 4) is 11.1 Å². The normalized spacial score (nSPS) is 11.6. The number of halogens is 1. The van der Waals surface area contributed by atoms with Crippen LogP contribution in [0.5, 0.6) is 0 Å². The average molecular weight is 559 g/mol. The predicted octanol–water partition coefficient (Wildman–Crippen LogP) is 12.7. The van der Waals surface area contributed by atoms with Gasteiger partial charge in [0.05, 0.1) is 0 Å². The Morgan fingerprint density at radius 1 is 0.575 bits per heavy atom. The van der Waals surface area contributed by atoms with Crippen LogP contribution < -0.4 is 0 Å². The lowest BCUT2D eigenvalue weighted by Gasteiger charge is -2.10. The molecule has 0 unspecified atom stereocenters. The second-order valence-corrected chi connectivity index (χ2v) is 11.9. The number of benzene rings is 3. The SMILES string of the molecule is CCCCCCCCCCc1ccc2c(oc(=S)c3cc(-c4ccc(CCCCCCCC)cc4)ccc32)c1F. The lowest BCUT2D eigenvalue weighted by molar-refractivity contribution is 0.533. The Balaban J connectivity index is 1.42. The highest BCUT2D eigenvalue weighted by atomic mass is 32.1. The fourth-order valence-electron chi connectivity index (χ4n) is 5.80. The van der Waals surface area contributed by atoms with Gasteiger partial charge in [0.25, 0.3) is 0 Å².